The van der Waals surface area contributed by atoms with Crippen molar-refractivity contribution in [1.82, 2.24) is 5.32 Å². The number of nitrogens with two attached hydrogens (primary N) is 1. The van der Waals surface area contributed by atoms with Crippen molar-refractivity contribution in [2.75, 3.05) is 0 Å². The van der Waals surface area contributed by atoms with Gasteiger partial charge in [-0.25, -0.2) is 0 Å². The molecule has 1 amide bonds. The number of primary amides is 1. The predicted octanol–water partition coefficient (Wildman–Crippen LogP) is 1.95. The molecule has 2 saturated carbocycles. The van der Waals surface area contributed by atoms with E-state index in [-0.39, 0.29) is 11.9 Å². The summed E-state index contributed by atoms with van der Waals surface area (Å²) in [5, 5.41) is 3.52. The monoisotopic (exact) mass is 224 g/mol. The van der Waals surface area contributed by atoms with Gasteiger partial charge in [0, 0.05) is 18.5 Å². The van der Waals surface area contributed by atoms with Crippen LogP contribution in [0.15, 0.2) is 0 Å². The first-order chi connectivity index (χ1) is 7.60. The van der Waals surface area contributed by atoms with Gasteiger partial charge in [0.2, 0.25) is 5.91 Å². The Labute approximate surface area is 98.2 Å². The predicted molar refractivity (Wildman–Crippen MR) is 64.9 cm³/mol. The molecule has 0 heterocycles. The lowest BCUT2D eigenvalue weighted by Crippen LogP contribution is -2.52. The van der Waals surface area contributed by atoms with Crippen molar-refractivity contribution in [1.29, 1.82) is 0 Å². The normalized spacial score (nSPS) is 26.3. The van der Waals surface area contributed by atoms with Gasteiger partial charge in [-0.3, -0.25) is 4.79 Å². The molecule has 3 nitrogen and oxygen atoms in total. The van der Waals surface area contributed by atoms with Crippen molar-refractivity contribution >= 4 is 5.91 Å². The van der Waals surface area contributed by atoms with E-state index in [0.717, 1.165) is 0 Å². The number of rotatable bonds is 4. The van der Waals surface area contributed by atoms with Crippen LogP contribution in [0, 0.1) is 5.41 Å². The van der Waals surface area contributed by atoms with Crippen molar-refractivity contribution in [2.24, 2.45) is 11.1 Å². The number of hydrogen-bond acceptors (Lipinski definition) is 2. The van der Waals surface area contributed by atoms with Crippen molar-refractivity contribution in [2.45, 2.75) is 70.4 Å². The van der Waals surface area contributed by atoms with Gasteiger partial charge in [0.1, 0.15) is 0 Å². The molecule has 0 aliphatic heterocycles. The highest BCUT2D eigenvalue weighted by atomic mass is 16.1. The van der Waals surface area contributed by atoms with Crippen LogP contribution in [-0.4, -0.2) is 18.0 Å². The van der Waals surface area contributed by atoms with Crippen molar-refractivity contribution in [3.8, 4) is 0 Å². The lowest BCUT2D eigenvalue weighted by Gasteiger charge is -2.51. The minimum Gasteiger partial charge on any atom is -0.370 e. The van der Waals surface area contributed by atoms with Crippen LogP contribution < -0.4 is 11.1 Å². The molecule has 0 aromatic heterocycles. The fourth-order valence-electron chi connectivity index (χ4n) is 3.58. The van der Waals surface area contributed by atoms with Gasteiger partial charge < -0.3 is 11.1 Å². The molecular weight excluding hydrogens is 200 g/mol. The highest BCUT2D eigenvalue weighted by Crippen LogP contribution is 2.51. The van der Waals surface area contributed by atoms with Crippen LogP contribution in [0.2, 0.25) is 0 Å². The number of amides is 1. The van der Waals surface area contributed by atoms with Gasteiger partial charge in [0.05, 0.1) is 0 Å². The Morgan fingerprint density at radius 3 is 2.56 bits per heavy atom. The Morgan fingerprint density at radius 1 is 1.38 bits per heavy atom. The maximum absolute atomic E-state index is 10.8. The molecule has 0 saturated heterocycles. The molecule has 1 spiro atoms. The Morgan fingerprint density at radius 2 is 2.00 bits per heavy atom. The van der Waals surface area contributed by atoms with E-state index in [0.29, 0.717) is 17.9 Å². The molecule has 0 radical (unpaired) electrons. The van der Waals surface area contributed by atoms with Crippen LogP contribution in [0.3, 0.4) is 0 Å². The molecule has 0 bridgehead atoms. The topological polar surface area (TPSA) is 55.1 Å². The molecule has 0 aromatic rings. The van der Waals surface area contributed by atoms with Gasteiger partial charge in [-0.15, -0.1) is 0 Å². The molecule has 2 fully saturated rings. The van der Waals surface area contributed by atoms with Crippen LogP contribution >= 0.6 is 0 Å². The zero-order valence-corrected chi connectivity index (χ0v) is 10.3. The summed E-state index contributed by atoms with van der Waals surface area (Å²) in [5.41, 5.74) is 5.85. The first-order valence-electron chi connectivity index (χ1n) is 6.64. The number of carbonyl (C=O) groups is 1. The molecule has 3 N–H and O–H groups in total. The molecule has 2 aliphatic rings. The molecule has 1 unspecified atom stereocenters. The fourth-order valence-corrected chi connectivity index (χ4v) is 3.58. The Balaban J connectivity index is 1.69. The SMILES string of the molecule is CC(CC(N)=O)NC1CC2(CCCCC2)C1. The smallest absolute Gasteiger partial charge is 0.218 e. The summed E-state index contributed by atoms with van der Waals surface area (Å²) in [6.07, 6.45) is 10.2. The lowest BCUT2D eigenvalue weighted by molar-refractivity contribution is -0.118. The van der Waals surface area contributed by atoms with Gasteiger partial charge in [-0.2, -0.15) is 0 Å². The second kappa shape index (κ2) is 4.74. The summed E-state index contributed by atoms with van der Waals surface area (Å²) in [5.74, 6) is -0.202. The third-order valence-electron chi connectivity index (χ3n) is 4.30. The van der Waals surface area contributed by atoms with Crippen LogP contribution in [0.5, 0.6) is 0 Å². The first-order valence-corrected chi connectivity index (χ1v) is 6.64. The summed E-state index contributed by atoms with van der Waals surface area (Å²) in [6, 6.07) is 0.871. The molecule has 16 heavy (non-hydrogen) atoms. The zero-order valence-electron chi connectivity index (χ0n) is 10.3. The minimum atomic E-state index is -0.202. The van der Waals surface area contributed by atoms with E-state index < -0.39 is 0 Å². The van der Waals surface area contributed by atoms with E-state index in [4.69, 9.17) is 5.73 Å². The quantitative estimate of drug-likeness (QED) is 0.767. The van der Waals surface area contributed by atoms with Crippen LogP contribution in [0.25, 0.3) is 0 Å². The average molecular weight is 224 g/mol. The first kappa shape index (κ1) is 11.9. The van der Waals surface area contributed by atoms with Gasteiger partial charge in [-0.1, -0.05) is 19.3 Å². The van der Waals surface area contributed by atoms with Gasteiger partial charge in [0.25, 0.3) is 0 Å². The molecule has 2 aliphatic carbocycles. The van der Waals surface area contributed by atoms with Crippen LogP contribution in [-0.2, 0) is 4.79 Å². The maximum Gasteiger partial charge on any atom is 0.218 e. The number of nitrogens with one attached hydrogen (secondary N) is 1. The summed E-state index contributed by atoms with van der Waals surface area (Å²) in [4.78, 5) is 10.8. The summed E-state index contributed by atoms with van der Waals surface area (Å²) < 4.78 is 0. The Kier molecular flexibility index (Phi) is 3.53. The van der Waals surface area contributed by atoms with Crippen molar-refractivity contribution in [3.63, 3.8) is 0 Å². The Hall–Kier alpha value is -0.570. The van der Waals surface area contributed by atoms with E-state index in [1.807, 2.05) is 0 Å². The second-order valence-electron chi connectivity index (χ2n) is 5.90. The third-order valence-corrected chi connectivity index (χ3v) is 4.30. The summed E-state index contributed by atoms with van der Waals surface area (Å²) >= 11 is 0. The minimum absolute atomic E-state index is 0.202. The number of carbonyl (C=O) groups excluding carboxylic acids is 1. The fraction of sp³-hybridized carbons (Fsp3) is 0.923. The molecule has 92 valence electrons. The van der Waals surface area contributed by atoms with E-state index in [2.05, 4.69) is 12.2 Å². The van der Waals surface area contributed by atoms with E-state index in [1.54, 1.807) is 0 Å². The molecule has 1 atom stereocenters. The molecule has 2 rings (SSSR count). The molecular formula is C13H24N2O. The maximum atomic E-state index is 10.8. The van der Waals surface area contributed by atoms with E-state index in [9.17, 15) is 4.79 Å². The second-order valence-corrected chi connectivity index (χ2v) is 5.90. The Bertz CT molecular complexity index is 251. The van der Waals surface area contributed by atoms with E-state index in [1.165, 1.54) is 44.9 Å². The molecule has 3 heteroatoms. The number of hydrogen-bond donors (Lipinski definition) is 2. The van der Waals surface area contributed by atoms with Gasteiger partial charge >= 0.3 is 0 Å². The zero-order chi connectivity index (χ0) is 11.6. The third kappa shape index (κ3) is 2.76. The highest BCUT2D eigenvalue weighted by Gasteiger charge is 2.44. The van der Waals surface area contributed by atoms with Crippen molar-refractivity contribution < 1.29 is 4.79 Å². The van der Waals surface area contributed by atoms with Crippen LogP contribution in [0.4, 0.5) is 0 Å². The van der Waals surface area contributed by atoms with Crippen molar-refractivity contribution in [3.05, 3.63) is 0 Å². The van der Waals surface area contributed by atoms with Gasteiger partial charge in [0.15, 0.2) is 0 Å². The summed E-state index contributed by atoms with van der Waals surface area (Å²) in [6.45, 7) is 2.05. The van der Waals surface area contributed by atoms with Crippen LogP contribution in [0.1, 0.15) is 58.3 Å². The average Bonchev–Trinajstić information content (AvgIpc) is 2.15. The lowest BCUT2D eigenvalue weighted by atomic mass is 9.58. The van der Waals surface area contributed by atoms with Gasteiger partial charge in [-0.05, 0) is 38.0 Å². The largest absolute Gasteiger partial charge is 0.370 e. The van der Waals surface area contributed by atoms with E-state index >= 15 is 0 Å². The standard InChI is InChI=1S/C13H24N2O/c1-10(7-12(14)16)15-11-8-13(9-11)5-3-2-4-6-13/h10-11,15H,2-9H2,1H3,(H2,14,16). The molecule has 0 aromatic carbocycles. The summed E-state index contributed by atoms with van der Waals surface area (Å²) in [7, 11) is 0. The highest BCUT2D eigenvalue weighted by molar-refractivity contribution is 5.74.